The minimum Gasteiger partial charge on any atom is -0.378 e. The summed E-state index contributed by atoms with van der Waals surface area (Å²) in [6, 6.07) is 0. The van der Waals surface area contributed by atoms with Crippen molar-refractivity contribution in [1.82, 2.24) is 0 Å². The van der Waals surface area contributed by atoms with Gasteiger partial charge in [0.25, 0.3) is 0 Å². The highest BCUT2D eigenvalue weighted by Gasteiger charge is 2.13. The molecule has 0 bridgehead atoms. The van der Waals surface area contributed by atoms with Crippen molar-refractivity contribution in [3.63, 3.8) is 0 Å². The first-order chi connectivity index (χ1) is 4.43. The molecule has 1 atom stereocenters. The quantitative estimate of drug-likeness (QED) is 0.564. The molecule has 0 spiro atoms. The molecule has 1 rings (SSSR count). The predicted octanol–water partition coefficient (Wildman–Crippen LogP) is 2.17. The van der Waals surface area contributed by atoms with Gasteiger partial charge in [-0.15, -0.1) is 0 Å². The van der Waals surface area contributed by atoms with E-state index in [0.29, 0.717) is 6.10 Å². The SMILES string of the molecule is CCC[CH]C1CCCO1. The lowest BCUT2D eigenvalue weighted by atomic mass is 10.1. The minimum absolute atomic E-state index is 0.491. The van der Waals surface area contributed by atoms with E-state index in [1.54, 1.807) is 0 Å². The highest BCUT2D eigenvalue weighted by molar-refractivity contribution is 4.79. The summed E-state index contributed by atoms with van der Waals surface area (Å²) < 4.78 is 5.40. The number of unbranched alkanes of at least 4 members (excludes halogenated alkanes) is 1. The van der Waals surface area contributed by atoms with Crippen molar-refractivity contribution in [2.75, 3.05) is 6.61 Å². The molecule has 1 heterocycles. The Labute approximate surface area is 57.4 Å². The molecule has 1 unspecified atom stereocenters. The topological polar surface area (TPSA) is 9.23 Å². The number of hydrogen-bond donors (Lipinski definition) is 0. The maximum Gasteiger partial charge on any atom is 0.0607 e. The van der Waals surface area contributed by atoms with Gasteiger partial charge in [-0.2, -0.15) is 0 Å². The summed E-state index contributed by atoms with van der Waals surface area (Å²) in [5, 5.41) is 0. The lowest BCUT2D eigenvalue weighted by Gasteiger charge is -2.05. The van der Waals surface area contributed by atoms with Gasteiger partial charge < -0.3 is 4.74 Å². The van der Waals surface area contributed by atoms with Crippen LogP contribution in [0.3, 0.4) is 0 Å². The summed E-state index contributed by atoms with van der Waals surface area (Å²) in [6.07, 6.45) is 7.76. The van der Waals surface area contributed by atoms with Crippen LogP contribution in [0.15, 0.2) is 0 Å². The summed E-state index contributed by atoms with van der Waals surface area (Å²) in [4.78, 5) is 0. The zero-order valence-corrected chi connectivity index (χ0v) is 6.10. The van der Waals surface area contributed by atoms with E-state index in [9.17, 15) is 0 Å². The lowest BCUT2D eigenvalue weighted by molar-refractivity contribution is 0.131. The number of rotatable bonds is 3. The largest absolute Gasteiger partial charge is 0.378 e. The monoisotopic (exact) mass is 127 g/mol. The molecule has 53 valence electrons. The Kier molecular flexibility index (Phi) is 3.05. The number of hydrogen-bond acceptors (Lipinski definition) is 1. The summed E-state index contributed by atoms with van der Waals surface area (Å²) in [7, 11) is 0. The van der Waals surface area contributed by atoms with Gasteiger partial charge in [-0.05, 0) is 25.7 Å². The van der Waals surface area contributed by atoms with Gasteiger partial charge in [-0.3, -0.25) is 0 Å². The second-order valence-electron chi connectivity index (χ2n) is 2.58. The summed E-state index contributed by atoms with van der Waals surface area (Å²) in [5.41, 5.74) is 0. The molecule has 1 aliphatic rings. The highest BCUT2D eigenvalue weighted by Crippen LogP contribution is 2.16. The fraction of sp³-hybridized carbons (Fsp3) is 0.875. The lowest BCUT2D eigenvalue weighted by Crippen LogP contribution is -2.04. The van der Waals surface area contributed by atoms with E-state index in [4.69, 9.17) is 4.74 Å². The first-order valence-electron chi connectivity index (χ1n) is 3.88. The molecule has 1 saturated heterocycles. The zero-order valence-electron chi connectivity index (χ0n) is 6.10. The van der Waals surface area contributed by atoms with Crippen molar-refractivity contribution in [2.24, 2.45) is 0 Å². The molecule has 1 nitrogen and oxygen atoms in total. The number of ether oxygens (including phenoxy) is 1. The molecule has 0 amide bonds. The fourth-order valence-corrected chi connectivity index (χ4v) is 1.14. The Hall–Kier alpha value is -0.0400. The van der Waals surface area contributed by atoms with Crippen LogP contribution < -0.4 is 0 Å². The van der Waals surface area contributed by atoms with Crippen LogP contribution in [0.4, 0.5) is 0 Å². The summed E-state index contributed by atoms with van der Waals surface area (Å²) >= 11 is 0. The Morgan fingerprint density at radius 3 is 3.11 bits per heavy atom. The van der Waals surface area contributed by atoms with Crippen molar-refractivity contribution in [2.45, 2.75) is 38.7 Å². The third-order valence-electron chi connectivity index (χ3n) is 1.68. The van der Waals surface area contributed by atoms with Crippen molar-refractivity contribution in [1.29, 1.82) is 0 Å². The predicted molar refractivity (Wildman–Crippen MR) is 38.2 cm³/mol. The molecule has 0 N–H and O–H groups in total. The van der Waals surface area contributed by atoms with Crippen molar-refractivity contribution in [3.8, 4) is 0 Å². The Bertz CT molecular complexity index is 65.0. The average molecular weight is 127 g/mol. The van der Waals surface area contributed by atoms with E-state index in [1.807, 2.05) is 0 Å². The summed E-state index contributed by atoms with van der Waals surface area (Å²) in [6.45, 7) is 3.18. The first-order valence-corrected chi connectivity index (χ1v) is 3.88. The molecular weight excluding hydrogens is 112 g/mol. The van der Waals surface area contributed by atoms with Crippen molar-refractivity contribution >= 4 is 0 Å². The third kappa shape index (κ3) is 2.35. The highest BCUT2D eigenvalue weighted by atomic mass is 16.5. The normalized spacial score (nSPS) is 27.0. The molecule has 1 fully saturated rings. The van der Waals surface area contributed by atoms with Gasteiger partial charge in [0.15, 0.2) is 0 Å². The van der Waals surface area contributed by atoms with Crippen molar-refractivity contribution < 1.29 is 4.74 Å². The van der Waals surface area contributed by atoms with Gasteiger partial charge in [-0.25, -0.2) is 0 Å². The van der Waals surface area contributed by atoms with Crippen LogP contribution in [0.2, 0.25) is 0 Å². The Balaban J connectivity index is 1.98. The van der Waals surface area contributed by atoms with Gasteiger partial charge in [0.05, 0.1) is 6.10 Å². The van der Waals surface area contributed by atoms with E-state index in [-0.39, 0.29) is 0 Å². The van der Waals surface area contributed by atoms with Crippen LogP contribution in [0.25, 0.3) is 0 Å². The minimum atomic E-state index is 0.491. The van der Waals surface area contributed by atoms with Crippen LogP contribution in [0.1, 0.15) is 32.6 Å². The van der Waals surface area contributed by atoms with Gasteiger partial charge in [0, 0.05) is 6.61 Å². The van der Waals surface area contributed by atoms with Gasteiger partial charge in [0.1, 0.15) is 0 Å². The summed E-state index contributed by atoms with van der Waals surface area (Å²) in [5.74, 6) is 0. The van der Waals surface area contributed by atoms with Gasteiger partial charge >= 0.3 is 0 Å². The second-order valence-corrected chi connectivity index (χ2v) is 2.58. The molecule has 0 aromatic rings. The third-order valence-corrected chi connectivity index (χ3v) is 1.68. The molecule has 9 heavy (non-hydrogen) atoms. The molecule has 1 aliphatic heterocycles. The van der Waals surface area contributed by atoms with Crippen LogP contribution >= 0.6 is 0 Å². The maximum absolute atomic E-state index is 5.40. The van der Waals surface area contributed by atoms with Gasteiger partial charge in [-0.1, -0.05) is 13.3 Å². The van der Waals surface area contributed by atoms with E-state index < -0.39 is 0 Å². The second kappa shape index (κ2) is 3.89. The molecule has 0 aliphatic carbocycles. The smallest absolute Gasteiger partial charge is 0.0607 e. The van der Waals surface area contributed by atoms with Crippen molar-refractivity contribution in [3.05, 3.63) is 6.42 Å². The van der Waals surface area contributed by atoms with Crippen LogP contribution in [0.5, 0.6) is 0 Å². The van der Waals surface area contributed by atoms with E-state index in [1.165, 1.54) is 25.7 Å². The Morgan fingerprint density at radius 1 is 1.67 bits per heavy atom. The fourth-order valence-electron chi connectivity index (χ4n) is 1.14. The first kappa shape index (κ1) is 7.07. The molecule has 1 radical (unpaired) electrons. The Morgan fingerprint density at radius 2 is 2.56 bits per heavy atom. The average Bonchev–Trinajstić information content (AvgIpc) is 2.34. The molecule has 0 aromatic heterocycles. The maximum atomic E-state index is 5.40. The standard InChI is InChI=1S/C8H15O/c1-2-3-5-8-6-4-7-9-8/h5,8H,2-4,6-7H2,1H3. The van der Waals surface area contributed by atoms with E-state index >= 15 is 0 Å². The molecule has 0 aromatic carbocycles. The van der Waals surface area contributed by atoms with E-state index in [2.05, 4.69) is 13.3 Å². The van der Waals surface area contributed by atoms with Gasteiger partial charge in [0.2, 0.25) is 0 Å². The molecule has 0 saturated carbocycles. The van der Waals surface area contributed by atoms with E-state index in [0.717, 1.165) is 6.61 Å². The zero-order chi connectivity index (χ0) is 6.53. The van der Waals surface area contributed by atoms with Crippen LogP contribution in [-0.4, -0.2) is 12.7 Å². The van der Waals surface area contributed by atoms with Crippen LogP contribution in [-0.2, 0) is 4.74 Å². The molecule has 1 heteroatoms. The molecular formula is C8H15O. The van der Waals surface area contributed by atoms with Crippen LogP contribution in [0, 0.1) is 6.42 Å².